The fourth-order valence-electron chi connectivity index (χ4n) is 4.90. The number of pyridine rings is 1. The lowest BCUT2D eigenvalue weighted by Gasteiger charge is -2.33. The van der Waals surface area contributed by atoms with Crippen LogP contribution in [0.1, 0.15) is 37.7 Å². The van der Waals surface area contributed by atoms with Gasteiger partial charge in [-0.2, -0.15) is 5.10 Å². The number of aromatic nitrogens is 3. The first kappa shape index (κ1) is 18.6. The van der Waals surface area contributed by atoms with E-state index in [1.54, 1.807) is 4.68 Å². The Morgan fingerprint density at radius 1 is 1.31 bits per heavy atom. The summed E-state index contributed by atoms with van der Waals surface area (Å²) >= 11 is 0. The van der Waals surface area contributed by atoms with Crippen LogP contribution in [0.25, 0.3) is 11.3 Å². The molecule has 7 nitrogen and oxygen atoms in total. The number of ether oxygens (including phenoxy) is 1. The smallest absolute Gasteiger partial charge is 0.323 e. The molecule has 1 aliphatic carbocycles. The van der Waals surface area contributed by atoms with Crippen molar-refractivity contribution in [2.75, 3.05) is 31.2 Å². The van der Waals surface area contributed by atoms with Crippen molar-refractivity contribution in [3.8, 4) is 11.3 Å². The Labute approximate surface area is 171 Å². The number of amides is 2. The molecule has 0 bridgehead atoms. The maximum Gasteiger partial charge on any atom is 0.323 e. The van der Waals surface area contributed by atoms with Crippen LogP contribution in [0.5, 0.6) is 0 Å². The number of hydrogen-bond acceptors (Lipinski definition) is 4. The first-order valence-corrected chi connectivity index (χ1v) is 10.8. The van der Waals surface area contributed by atoms with Gasteiger partial charge in [-0.15, -0.1) is 0 Å². The van der Waals surface area contributed by atoms with E-state index in [9.17, 15) is 4.79 Å². The number of hydrogen-bond donors (Lipinski definition) is 1. The Kier molecular flexibility index (Phi) is 4.78. The number of nitrogens with zero attached hydrogens (tertiary/aromatic N) is 4. The summed E-state index contributed by atoms with van der Waals surface area (Å²) in [6.07, 6.45) is 10.4. The van der Waals surface area contributed by atoms with Crippen LogP contribution in [-0.2, 0) is 18.2 Å². The highest BCUT2D eigenvalue weighted by molar-refractivity contribution is 5.92. The van der Waals surface area contributed by atoms with E-state index in [0.717, 1.165) is 68.1 Å². The highest BCUT2D eigenvalue weighted by Crippen LogP contribution is 2.54. The Bertz CT molecular complexity index is 898. The summed E-state index contributed by atoms with van der Waals surface area (Å²) < 4.78 is 7.29. The average Bonchev–Trinajstić information content (AvgIpc) is 3.44. The second-order valence-corrected chi connectivity index (χ2v) is 8.74. The van der Waals surface area contributed by atoms with Crippen molar-refractivity contribution in [1.82, 2.24) is 20.1 Å². The molecule has 0 radical (unpaired) electrons. The van der Waals surface area contributed by atoms with Gasteiger partial charge in [0.05, 0.1) is 11.9 Å². The van der Waals surface area contributed by atoms with Gasteiger partial charge in [0.1, 0.15) is 5.82 Å². The summed E-state index contributed by atoms with van der Waals surface area (Å²) in [4.78, 5) is 19.8. The summed E-state index contributed by atoms with van der Waals surface area (Å²) in [7, 11) is 1.90. The molecule has 0 unspecified atom stereocenters. The third-order valence-electron chi connectivity index (χ3n) is 6.86. The molecular weight excluding hydrogens is 366 g/mol. The topological polar surface area (TPSA) is 72.3 Å². The summed E-state index contributed by atoms with van der Waals surface area (Å²) in [6, 6.07) is 4.12. The van der Waals surface area contributed by atoms with Crippen LogP contribution in [0.2, 0.25) is 0 Å². The van der Waals surface area contributed by atoms with E-state index in [0.29, 0.717) is 17.9 Å². The van der Waals surface area contributed by atoms with Gasteiger partial charge in [0.25, 0.3) is 0 Å². The van der Waals surface area contributed by atoms with Gasteiger partial charge in [-0.1, -0.05) is 6.07 Å². The molecule has 7 heteroatoms. The van der Waals surface area contributed by atoms with Crippen LogP contribution in [0.4, 0.5) is 10.6 Å². The third-order valence-corrected chi connectivity index (χ3v) is 6.86. The molecule has 0 atom stereocenters. The molecule has 154 valence electrons. The third kappa shape index (κ3) is 3.64. The van der Waals surface area contributed by atoms with E-state index in [1.807, 2.05) is 30.4 Å². The van der Waals surface area contributed by atoms with Crippen LogP contribution in [0.3, 0.4) is 0 Å². The number of anilines is 1. The SMILES string of the molecule is Cn1cc(-c2ccc3c(n2)N(C(=O)NCC2(C4CCOCC4)CC2)CCC3)cn1. The van der Waals surface area contributed by atoms with Crippen LogP contribution in [0, 0.1) is 11.3 Å². The molecule has 0 aromatic carbocycles. The van der Waals surface area contributed by atoms with Gasteiger partial charge in [-0.3, -0.25) is 9.58 Å². The van der Waals surface area contributed by atoms with E-state index >= 15 is 0 Å². The summed E-state index contributed by atoms with van der Waals surface area (Å²) in [6.45, 7) is 3.21. The zero-order valence-electron chi connectivity index (χ0n) is 17.1. The number of aryl methyl sites for hydroxylation is 2. The molecule has 2 fully saturated rings. The Hall–Kier alpha value is -2.41. The molecule has 1 saturated carbocycles. The van der Waals surface area contributed by atoms with Crippen LogP contribution < -0.4 is 10.2 Å². The van der Waals surface area contributed by atoms with E-state index in [2.05, 4.69) is 16.5 Å². The molecule has 2 aromatic heterocycles. The van der Waals surface area contributed by atoms with Crippen molar-refractivity contribution in [2.24, 2.45) is 18.4 Å². The van der Waals surface area contributed by atoms with E-state index in [1.165, 1.54) is 12.8 Å². The second-order valence-electron chi connectivity index (χ2n) is 8.74. The lowest BCUT2D eigenvalue weighted by atomic mass is 9.83. The monoisotopic (exact) mass is 395 g/mol. The number of carbonyl (C=O) groups is 1. The molecule has 5 rings (SSSR count). The Morgan fingerprint density at radius 3 is 2.86 bits per heavy atom. The average molecular weight is 396 g/mol. The summed E-state index contributed by atoms with van der Waals surface area (Å²) in [5.74, 6) is 1.48. The zero-order chi connectivity index (χ0) is 19.8. The molecular formula is C22H29N5O2. The van der Waals surface area contributed by atoms with Crippen molar-refractivity contribution in [2.45, 2.75) is 38.5 Å². The van der Waals surface area contributed by atoms with E-state index in [4.69, 9.17) is 9.72 Å². The molecule has 1 N–H and O–H groups in total. The predicted molar refractivity (Wildman–Crippen MR) is 111 cm³/mol. The molecule has 0 spiro atoms. The van der Waals surface area contributed by atoms with E-state index in [-0.39, 0.29) is 6.03 Å². The molecule has 2 aliphatic heterocycles. The zero-order valence-corrected chi connectivity index (χ0v) is 17.1. The first-order valence-electron chi connectivity index (χ1n) is 10.8. The minimum absolute atomic E-state index is 0.0138. The number of rotatable bonds is 4. The van der Waals surface area contributed by atoms with Crippen molar-refractivity contribution >= 4 is 11.8 Å². The van der Waals surface area contributed by atoms with Crippen molar-refractivity contribution < 1.29 is 9.53 Å². The van der Waals surface area contributed by atoms with E-state index < -0.39 is 0 Å². The molecule has 3 aliphatic rings. The highest BCUT2D eigenvalue weighted by atomic mass is 16.5. The molecule has 4 heterocycles. The standard InChI is InChI=1S/C22H29N5O2/c1-26-14-17(13-24-26)19-5-4-16-3-2-10-27(20(16)25-19)21(28)23-15-22(8-9-22)18-6-11-29-12-7-18/h4-5,13-14,18H,2-3,6-12,15H2,1H3,(H,23,28). The van der Waals surface area contributed by atoms with Gasteiger partial charge in [0.2, 0.25) is 0 Å². The van der Waals surface area contributed by atoms with Gasteiger partial charge < -0.3 is 10.1 Å². The van der Waals surface area contributed by atoms with Crippen molar-refractivity contribution in [3.05, 3.63) is 30.1 Å². The van der Waals surface area contributed by atoms with Gasteiger partial charge in [0, 0.05) is 45.1 Å². The van der Waals surface area contributed by atoms with Gasteiger partial charge >= 0.3 is 6.03 Å². The fourth-order valence-corrected chi connectivity index (χ4v) is 4.90. The number of carbonyl (C=O) groups excluding carboxylic acids is 1. The Balaban J connectivity index is 1.31. The minimum atomic E-state index is -0.0138. The quantitative estimate of drug-likeness (QED) is 0.863. The van der Waals surface area contributed by atoms with Gasteiger partial charge in [-0.05, 0) is 61.5 Å². The van der Waals surface area contributed by atoms with Crippen molar-refractivity contribution in [1.29, 1.82) is 0 Å². The first-order chi connectivity index (χ1) is 14.1. The number of nitrogens with one attached hydrogen (secondary N) is 1. The number of urea groups is 1. The molecule has 2 aromatic rings. The van der Waals surface area contributed by atoms with Crippen LogP contribution in [-0.4, -0.2) is 47.1 Å². The lowest BCUT2D eigenvalue weighted by Crippen LogP contribution is -2.46. The van der Waals surface area contributed by atoms with Gasteiger partial charge in [-0.25, -0.2) is 9.78 Å². The Morgan fingerprint density at radius 2 is 2.14 bits per heavy atom. The normalized spacial score (nSPS) is 20.9. The van der Waals surface area contributed by atoms with Crippen LogP contribution in [0.15, 0.2) is 24.5 Å². The van der Waals surface area contributed by atoms with Gasteiger partial charge in [0.15, 0.2) is 0 Å². The largest absolute Gasteiger partial charge is 0.381 e. The molecule has 29 heavy (non-hydrogen) atoms. The minimum Gasteiger partial charge on any atom is -0.381 e. The maximum atomic E-state index is 13.1. The molecule has 2 amide bonds. The van der Waals surface area contributed by atoms with Crippen molar-refractivity contribution in [3.63, 3.8) is 0 Å². The second kappa shape index (κ2) is 7.44. The maximum absolute atomic E-state index is 13.1. The molecule has 1 saturated heterocycles. The fraction of sp³-hybridized carbons (Fsp3) is 0.591. The van der Waals surface area contributed by atoms with Crippen LogP contribution >= 0.6 is 0 Å². The summed E-state index contributed by atoms with van der Waals surface area (Å²) in [5.41, 5.74) is 3.27. The highest BCUT2D eigenvalue weighted by Gasteiger charge is 2.49. The predicted octanol–water partition coefficient (Wildman–Crippen LogP) is 3.15. The number of fused-ring (bicyclic) bond motifs is 1. The summed E-state index contributed by atoms with van der Waals surface area (Å²) in [5, 5.41) is 7.49. The lowest BCUT2D eigenvalue weighted by molar-refractivity contribution is 0.0413.